The van der Waals surface area contributed by atoms with Gasteiger partial charge in [-0.15, -0.1) is 0 Å². The number of piperazine rings is 1. The van der Waals surface area contributed by atoms with Crippen molar-refractivity contribution in [3.63, 3.8) is 0 Å². The zero-order valence-corrected chi connectivity index (χ0v) is 24.1. The number of piperidine rings is 1. The predicted molar refractivity (Wildman–Crippen MR) is 150 cm³/mol. The predicted octanol–water partition coefficient (Wildman–Crippen LogP) is 5.37. The van der Waals surface area contributed by atoms with Crippen LogP contribution in [-0.4, -0.2) is 86.9 Å². The van der Waals surface area contributed by atoms with Crippen molar-refractivity contribution in [2.45, 2.75) is 77.3 Å². The number of hydrogen-bond acceptors (Lipinski definition) is 6. The first-order chi connectivity index (χ1) is 18.5. The van der Waals surface area contributed by atoms with Crippen molar-refractivity contribution in [1.82, 2.24) is 14.7 Å². The number of benzene rings is 1. The fraction of sp³-hybridized carbons (Fsp3) is 0.774. The van der Waals surface area contributed by atoms with Gasteiger partial charge in [-0.25, -0.2) is 4.79 Å². The first-order valence-corrected chi connectivity index (χ1v) is 15.1. The Balaban J connectivity index is 1.22. The molecule has 3 heterocycles. The Morgan fingerprint density at radius 3 is 2.32 bits per heavy atom. The Labute approximate surface area is 229 Å². The minimum atomic E-state index is -0.116. The molecule has 3 fully saturated rings. The van der Waals surface area contributed by atoms with Gasteiger partial charge in [0.2, 0.25) is 0 Å². The van der Waals surface area contributed by atoms with Gasteiger partial charge in [-0.05, 0) is 73.1 Å². The van der Waals surface area contributed by atoms with Crippen LogP contribution >= 0.6 is 0 Å². The highest BCUT2D eigenvalue weighted by Crippen LogP contribution is 2.45. The van der Waals surface area contributed by atoms with Crippen LogP contribution in [0.25, 0.3) is 0 Å². The molecule has 7 heteroatoms. The Morgan fingerprint density at radius 2 is 1.63 bits per heavy atom. The van der Waals surface area contributed by atoms with Gasteiger partial charge >= 0.3 is 6.09 Å². The quantitative estimate of drug-likeness (QED) is 0.475. The van der Waals surface area contributed by atoms with Crippen LogP contribution in [0.1, 0.15) is 76.0 Å². The van der Waals surface area contributed by atoms with E-state index >= 15 is 0 Å². The molecule has 3 aliphatic heterocycles. The molecule has 212 valence electrons. The average molecular weight is 528 g/mol. The first-order valence-electron chi connectivity index (χ1n) is 15.1. The summed E-state index contributed by atoms with van der Waals surface area (Å²) in [6, 6.07) is 5.40. The Morgan fingerprint density at radius 1 is 0.921 bits per heavy atom. The second-order valence-electron chi connectivity index (χ2n) is 12.4. The normalized spacial score (nSPS) is 27.1. The summed E-state index contributed by atoms with van der Waals surface area (Å²) in [6.07, 6.45) is 9.85. The van der Waals surface area contributed by atoms with E-state index in [0.717, 1.165) is 69.7 Å². The third-order valence-corrected chi connectivity index (χ3v) is 9.63. The first kappa shape index (κ1) is 27.6. The van der Waals surface area contributed by atoms with Gasteiger partial charge in [0.15, 0.2) is 11.5 Å². The molecule has 3 atom stereocenters. The highest BCUT2D eigenvalue weighted by atomic mass is 16.6. The molecule has 0 spiro atoms. The number of carbonyl (C=O) groups is 1. The molecule has 0 N–H and O–H groups in total. The van der Waals surface area contributed by atoms with Gasteiger partial charge in [-0.1, -0.05) is 33.1 Å². The van der Waals surface area contributed by atoms with Crippen molar-refractivity contribution < 1.29 is 19.0 Å². The SMILES string of the molecule is COc1cc2c(cc1OC)[C@H]1C[C@@H](COC(=O)N3CCN(C4CCCCC4)CC3)[C@H](CC(C)C)CN1CC2. The van der Waals surface area contributed by atoms with Crippen LogP contribution in [0.3, 0.4) is 0 Å². The van der Waals surface area contributed by atoms with E-state index in [-0.39, 0.29) is 6.09 Å². The van der Waals surface area contributed by atoms with Crippen LogP contribution in [0.15, 0.2) is 12.1 Å². The van der Waals surface area contributed by atoms with Gasteiger partial charge in [-0.2, -0.15) is 0 Å². The molecule has 1 aromatic rings. The molecule has 7 nitrogen and oxygen atoms in total. The maximum Gasteiger partial charge on any atom is 0.409 e. The fourth-order valence-corrected chi connectivity index (χ4v) is 7.57. The van der Waals surface area contributed by atoms with Gasteiger partial charge in [-0.3, -0.25) is 9.80 Å². The molecule has 0 radical (unpaired) electrons. The van der Waals surface area contributed by atoms with Crippen LogP contribution in [0.2, 0.25) is 0 Å². The molecule has 0 aromatic heterocycles. The summed E-state index contributed by atoms with van der Waals surface area (Å²) in [4.78, 5) is 20.3. The molecular formula is C31H49N3O4. The Hall–Kier alpha value is -1.99. The highest BCUT2D eigenvalue weighted by Gasteiger charge is 2.40. The lowest BCUT2D eigenvalue weighted by atomic mass is 9.74. The van der Waals surface area contributed by atoms with Crippen molar-refractivity contribution in [2.75, 3.05) is 60.1 Å². The van der Waals surface area contributed by atoms with Crippen LogP contribution < -0.4 is 9.47 Å². The molecule has 4 aliphatic rings. The van der Waals surface area contributed by atoms with Crippen LogP contribution in [0.5, 0.6) is 11.5 Å². The third kappa shape index (κ3) is 6.09. The molecule has 1 aromatic carbocycles. The van der Waals surface area contributed by atoms with Crippen LogP contribution in [0.4, 0.5) is 4.79 Å². The average Bonchev–Trinajstić information content (AvgIpc) is 2.95. The molecule has 38 heavy (non-hydrogen) atoms. The van der Waals surface area contributed by atoms with Crippen molar-refractivity contribution in [1.29, 1.82) is 0 Å². The van der Waals surface area contributed by atoms with Crippen molar-refractivity contribution >= 4 is 6.09 Å². The number of nitrogens with zero attached hydrogens (tertiary/aromatic N) is 3. The van der Waals surface area contributed by atoms with Gasteiger partial charge in [0.05, 0.1) is 20.8 Å². The standard InChI is InChI=1S/C31H49N3O4/c1-22(2)16-24-20-34-11-10-23-18-29(36-3)30(37-4)19-27(23)28(34)17-25(24)21-38-31(35)33-14-12-32(13-15-33)26-8-6-5-7-9-26/h18-19,22,24-26,28H,5-17,20-21H2,1-4H3/t24-,25+,28-/m1/s1. The summed E-state index contributed by atoms with van der Waals surface area (Å²) in [7, 11) is 3.42. The number of methoxy groups -OCH3 is 2. The molecule has 1 amide bonds. The van der Waals surface area contributed by atoms with Gasteiger partial charge in [0.1, 0.15) is 0 Å². The summed E-state index contributed by atoms with van der Waals surface area (Å²) >= 11 is 0. The molecule has 0 unspecified atom stereocenters. The van der Waals surface area contributed by atoms with E-state index in [1.807, 2.05) is 4.90 Å². The van der Waals surface area contributed by atoms with Crippen molar-refractivity contribution in [3.05, 3.63) is 23.3 Å². The van der Waals surface area contributed by atoms with Crippen LogP contribution in [-0.2, 0) is 11.2 Å². The largest absolute Gasteiger partial charge is 0.493 e. The zero-order valence-electron chi connectivity index (χ0n) is 24.1. The van der Waals surface area contributed by atoms with E-state index in [1.165, 1.54) is 49.7 Å². The molecule has 0 bridgehead atoms. The maximum atomic E-state index is 13.1. The Kier molecular flexibility index (Phi) is 9.04. The summed E-state index contributed by atoms with van der Waals surface area (Å²) in [6.45, 7) is 10.8. The summed E-state index contributed by atoms with van der Waals surface area (Å²) in [5.41, 5.74) is 2.71. The topological polar surface area (TPSA) is 54.5 Å². The van der Waals surface area contributed by atoms with E-state index in [2.05, 4.69) is 35.8 Å². The lowest BCUT2D eigenvalue weighted by molar-refractivity contribution is 0.000276. The minimum Gasteiger partial charge on any atom is -0.493 e. The lowest BCUT2D eigenvalue weighted by Gasteiger charge is -2.47. The zero-order chi connectivity index (χ0) is 26.6. The summed E-state index contributed by atoms with van der Waals surface area (Å²) in [5.74, 6) is 3.15. The number of ether oxygens (including phenoxy) is 3. The third-order valence-electron chi connectivity index (χ3n) is 9.63. The molecule has 1 saturated carbocycles. The highest BCUT2D eigenvalue weighted by molar-refractivity contribution is 5.67. The number of fused-ring (bicyclic) bond motifs is 3. The van der Waals surface area contributed by atoms with E-state index in [9.17, 15) is 4.79 Å². The number of rotatable bonds is 7. The maximum absolute atomic E-state index is 13.1. The van der Waals surface area contributed by atoms with E-state index in [1.54, 1.807) is 14.2 Å². The molecular weight excluding hydrogens is 478 g/mol. The fourth-order valence-electron chi connectivity index (χ4n) is 7.57. The van der Waals surface area contributed by atoms with Crippen LogP contribution in [0, 0.1) is 17.8 Å². The van der Waals surface area contributed by atoms with E-state index in [0.29, 0.717) is 30.4 Å². The second kappa shape index (κ2) is 12.5. The van der Waals surface area contributed by atoms with E-state index < -0.39 is 0 Å². The summed E-state index contributed by atoms with van der Waals surface area (Å²) in [5, 5.41) is 0. The van der Waals surface area contributed by atoms with Gasteiger partial charge < -0.3 is 19.1 Å². The van der Waals surface area contributed by atoms with E-state index in [4.69, 9.17) is 14.2 Å². The number of carbonyl (C=O) groups excluding carboxylic acids is 1. The molecule has 1 aliphatic carbocycles. The Bertz CT molecular complexity index is 939. The minimum absolute atomic E-state index is 0.116. The lowest BCUT2D eigenvalue weighted by Crippen LogP contribution is -2.52. The van der Waals surface area contributed by atoms with Gasteiger partial charge in [0.25, 0.3) is 0 Å². The number of hydrogen-bond donors (Lipinski definition) is 0. The van der Waals surface area contributed by atoms with Crippen molar-refractivity contribution in [3.8, 4) is 11.5 Å². The van der Waals surface area contributed by atoms with Crippen molar-refractivity contribution in [2.24, 2.45) is 17.8 Å². The monoisotopic (exact) mass is 527 g/mol. The second-order valence-corrected chi connectivity index (χ2v) is 12.4. The molecule has 2 saturated heterocycles. The number of amides is 1. The summed E-state index contributed by atoms with van der Waals surface area (Å²) < 4.78 is 17.3. The smallest absolute Gasteiger partial charge is 0.409 e. The molecule has 5 rings (SSSR count). The van der Waals surface area contributed by atoms with Gasteiger partial charge in [0, 0.05) is 51.4 Å².